The first-order valence-electron chi connectivity index (χ1n) is 10.9. The number of hydrogen-bond donors (Lipinski definition) is 1. The van der Waals surface area contributed by atoms with Gasteiger partial charge in [0.05, 0.1) is 29.3 Å². The first kappa shape index (κ1) is 21.4. The molecule has 0 atom stereocenters. The Balaban J connectivity index is 1.17. The number of rotatable bonds is 5. The zero-order valence-electron chi connectivity index (χ0n) is 18.3. The third kappa shape index (κ3) is 4.83. The van der Waals surface area contributed by atoms with Gasteiger partial charge in [-0.1, -0.05) is 6.07 Å². The van der Waals surface area contributed by atoms with Crippen molar-refractivity contribution in [3.05, 3.63) is 90.8 Å². The third-order valence-corrected chi connectivity index (χ3v) is 5.60. The van der Waals surface area contributed by atoms with Gasteiger partial charge in [0.1, 0.15) is 11.6 Å². The van der Waals surface area contributed by atoms with Crippen molar-refractivity contribution in [1.82, 2.24) is 19.9 Å². The maximum absolute atomic E-state index is 13.1. The molecule has 1 amide bonds. The number of halogens is 1. The third-order valence-electron chi connectivity index (χ3n) is 5.60. The maximum Gasteiger partial charge on any atom is 0.257 e. The van der Waals surface area contributed by atoms with E-state index in [4.69, 9.17) is 0 Å². The highest BCUT2D eigenvalue weighted by molar-refractivity contribution is 6.04. The Labute approximate surface area is 196 Å². The molecule has 1 aromatic carbocycles. The highest BCUT2D eigenvalue weighted by Gasteiger charge is 2.20. The van der Waals surface area contributed by atoms with E-state index in [1.165, 1.54) is 18.3 Å². The minimum Gasteiger partial charge on any atom is -0.353 e. The van der Waals surface area contributed by atoms with Gasteiger partial charge >= 0.3 is 0 Å². The van der Waals surface area contributed by atoms with Gasteiger partial charge in [-0.15, -0.1) is 0 Å². The van der Waals surface area contributed by atoms with E-state index in [9.17, 15) is 9.18 Å². The van der Waals surface area contributed by atoms with Crippen LogP contribution in [0.25, 0.3) is 11.3 Å². The average Bonchev–Trinajstić information content (AvgIpc) is 2.90. The molecule has 4 aromatic rings. The lowest BCUT2D eigenvalue weighted by atomic mass is 10.1. The van der Waals surface area contributed by atoms with Gasteiger partial charge in [-0.25, -0.2) is 19.3 Å². The van der Waals surface area contributed by atoms with Crippen molar-refractivity contribution >= 4 is 23.4 Å². The molecular weight excluding hydrogens is 433 g/mol. The Hall–Kier alpha value is -4.40. The van der Waals surface area contributed by atoms with Crippen LogP contribution in [0.15, 0.2) is 79.4 Å². The lowest BCUT2D eigenvalue weighted by Gasteiger charge is -2.35. The van der Waals surface area contributed by atoms with E-state index >= 15 is 0 Å². The second-order valence-electron chi connectivity index (χ2n) is 7.83. The van der Waals surface area contributed by atoms with Crippen LogP contribution in [0.2, 0.25) is 0 Å². The molecule has 1 aliphatic rings. The molecule has 4 heterocycles. The maximum atomic E-state index is 13.1. The van der Waals surface area contributed by atoms with E-state index in [0.29, 0.717) is 22.9 Å². The SMILES string of the molecule is O=C(Nc1cnc(N2CCN(c3ccccn3)CC2)nc1)c1ccc(-c2ccc(F)cc2)nc1. The molecule has 1 saturated heterocycles. The monoisotopic (exact) mass is 455 g/mol. The van der Waals surface area contributed by atoms with Crippen LogP contribution in [-0.4, -0.2) is 52.0 Å². The summed E-state index contributed by atoms with van der Waals surface area (Å²) in [6.45, 7) is 3.24. The smallest absolute Gasteiger partial charge is 0.257 e. The lowest BCUT2D eigenvalue weighted by molar-refractivity contribution is 0.102. The first-order chi connectivity index (χ1) is 16.7. The van der Waals surface area contributed by atoms with Gasteiger partial charge in [0.15, 0.2) is 0 Å². The summed E-state index contributed by atoms with van der Waals surface area (Å²) in [7, 11) is 0. The molecule has 170 valence electrons. The number of carbonyl (C=O) groups excluding carboxylic acids is 1. The summed E-state index contributed by atoms with van der Waals surface area (Å²) >= 11 is 0. The summed E-state index contributed by atoms with van der Waals surface area (Å²) in [5.74, 6) is 0.989. The molecule has 9 heteroatoms. The number of anilines is 3. The van der Waals surface area contributed by atoms with Gasteiger partial charge in [0.25, 0.3) is 5.91 Å². The van der Waals surface area contributed by atoms with Crippen molar-refractivity contribution < 1.29 is 9.18 Å². The quantitative estimate of drug-likeness (QED) is 0.492. The first-order valence-corrected chi connectivity index (χ1v) is 10.9. The van der Waals surface area contributed by atoms with Crippen molar-refractivity contribution in [3.8, 4) is 11.3 Å². The molecule has 0 unspecified atom stereocenters. The zero-order chi connectivity index (χ0) is 23.3. The minimum absolute atomic E-state index is 0.306. The van der Waals surface area contributed by atoms with Crippen LogP contribution in [0.3, 0.4) is 0 Å². The molecule has 0 aliphatic carbocycles. The molecule has 0 saturated carbocycles. The van der Waals surface area contributed by atoms with Crippen molar-refractivity contribution in [2.24, 2.45) is 0 Å². The highest BCUT2D eigenvalue weighted by atomic mass is 19.1. The summed E-state index contributed by atoms with van der Waals surface area (Å²) in [5.41, 5.74) is 2.34. The van der Waals surface area contributed by atoms with E-state index < -0.39 is 0 Å². The van der Waals surface area contributed by atoms with Gasteiger partial charge in [-0.2, -0.15) is 0 Å². The number of nitrogens with zero attached hydrogens (tertiary/aromatic N) is 6. The Morgan fingerprint density at radius 3 is 2.18 bits per heavy atom. The number of hydrogen-bond acceptors (Lipinski definition) is 7. The Kier molecular flexibility index (Phi) is 6.07. The molecule has 8 nitrogen and oxygen atoms in total. The molecule has 1 aliphatic heterocycles. The number of nitrogens with one attached hydrogen (secondary N) is 1. The van der Waals surface area contributed by atoms with E-state index in [1.54, 1.807) is 42.9 Å². The van der Waals surface area contributed by atoms with Crippen LogP contribution in [0, 0.1) is 5.82 Å². The second kappa shape index (κ2) is 9.62. The molecule has 0 bridgehead atoms. The molecule has 0 radical (unpaired) electrons. The predicted molar refractivity (Wildman–Crippen MR) is 128 cm³/mol. The largest absolute Gasteiger partial charge is 0.353 e. The van der Waals surface area contributed by atoms with Gasteiger partial charge in [0, 0.05) is 44.1 Å². The summed E-state index contributed by atoms with van der Waals surface area (Å²) < 4.78 is 13.1. The number of pyridine rings is 2. The van der Waals surface area contributed by atoms with Crippen molar-refractivity contribution in [2.75, 3.05) is 41.3 Å². The molecular formula is C25H22FN7O. The summed E-state index contributed by atoms with van der Waals surface area (Å²) in [6.07, 6.45) is 6.50. The predicted octanol–water partition coefficient (Wildman–Crippen LogP) is 3.65. The molecule has 3 aromatic heterocycles. The number of amides is 1. The number of aromatic nitrogens is 4. The van der Waals surface area contributed by atoms with Crippen molar-refractivity contribution in [1.29, 1.82) is 0 Å². The van der Waals surface area contributed by atoms with Gasteiger partial charge in [0.2, 0.25) is 5.95 Å². The van der Waals surface area contributed by atoms with Gasteiger partial charge in [-0.3, -0.25) is 9.78 Å². The topological polar surface area (TPSA) is 87.1 Å². The summed E-state index contributed by atoms with van der Waals surface area (Å²) in [6, 6.07) is 15.4. The number of carbonyl (C=O) groups is 1. The number of piperazine rings is 1. The standard InChI is InChI=1S/C25H22FN7O/c26-20-7-4-18(5-8-20)22-9-6-19(15-28-22)24(34)31-21-16-29-25(30-17-21)33-13-11-32(12-14-33)23-3-1-2-10-27-23/h1-10,15-17H,11-14H2,(H,31,34). The van der Waals surface area contributed by atoms with Crippen LogP contribution in [0.1, 0.15) is 10.4 Å². The van der Waals surface area contributed by atoms with Crippen LogP contribution in [0.4, 0.5) is 21.8 Å². The highest BCUT2D eigenvalue weighted by Crippen LogP contribution is 2.19. The van der Waals surface area contributed by atoms with E-state index in [-0.39, 0.29) is 11.7 Å². The van der Waals surface area contributed by atoms with E-state index in [1.807, 2.05) is 18.2 Å². The fourth-order valence-corrected chi connectivity index (χ4v) is 3.75. The van der Waals surface area contributed by atoms with Gasteiger partial charge in [-0.05, 0) is 48.5 Å². The fraction of sp³-hybridized carbons (Fsp3) is 0.160. The van der Waals surface area contributed by atoms with Crippen LogP contribution < -0.4 is 15.1 Å². The zero-order valence-corrected chi connectivity index (χ0v) is 18.3. The fourth-order valence-electron chi connectivity index (χ4n) is 3.75. The van der Waals surface area contributed by atoms with Crippen LogP contribution in [-0.2, 0) is 0 Å². The summed E-state index contributed by atoms with van der Waals surface area (Å²) in [5, 5.41) is 2.80. The molecule has 5 rings (SSSR count). The molecule has 1 fully saturated rings. The molecule has 34 heavy (non-hydrogen) atoms. The summed E-state index contributed by atoms with van der Waals surface area (Å²) in [4.78, 5) is 34.5. The van der Waals surface area contributed by atoms with Crippen molar-refractivity contribution in [2.45, 2.75) is 0 Å². The minimum atomic E-state index is -0.307. The normalized spacial score (nSPS) is 13.6. The number of benzene rings is 1. The van der Waals surface area contributed by atoms with Crippen molar-refractivity contribution in [3.63, 3.8) is 0 Å². The average molecular weight is 455 g/mol. The Morgan fingerprint density at radius 2 is 1.53 bits per heavy atom. The molecule has 0 spiro atoms. The van der Waals surface area contributed by atoms with Crippen LogP contribution in [0.5, 0.6) is 0 Å². The van der Waals surface area contributed by atoms with E-state index in [2.05, 4.69) is 35.1 Å². The Bertz CT molecular complexity index is 1240. The van der Waals surface area contributed by atoms with Crippen LogP contribution >= 0.6 is 0 Å². The molecule has 1 N–H and O–H groups in total. The Morgan fingerprint density at radius 1 is 0.794 bits per heavy atom. The van der Waals surface area contributed by atoms with E-state index in [0.717, 1.165) is 37.6 Å². The van der Waals surface area contributed by atoms with Gasteiger partial charge < -0.3 is 15.1 Å². The lowest BCUT2D eigenvalue weighted by Crippen LogP contribution is -2.47. The second-order valence-corrected chi connectivity index (χ2v) is 7.83.